The van der Waals surface area contributed by atoms with Gasteiger partial charge in [-0.2, -0.15) is 10.0 Å². The first-order valence-electron chi connectivity index (χ1n) is 10.6. The number of carbonyl (C=O) groups is 4. The average Bonchev–Trinajstić information content (AvgIpc) is 3.24. The zero-order valence-electron chi connectivity index (χ0n) is 16.9. The molecule has 4 amide bonds. The fourth-order valence-electron chi connectivity index (χ4n) is 5.73. The van der Waals surface area contributed by atoms with Crippen molar-refractivity contribution in [3.63, 3.8) is 0 Å². The zero-order valence-corrected chi connectivity index (χ0v) is 16.9. The molecule has 3 fully saturated rings. The first-order chi connectivity index (χ1) is 15.6. The number of allylic oxidation sites excluding steroid dienone is 2. The Morgan fingerprint density at radius 3 is 1.12 bits per heavy atom. The standard InChI is InChI=1S/C24H20N4O4/c29-21-17-15-11-12-16(18(17)22(30)27(21)25-13-7-3-1-4-8-13)20-19(15)23(31)28(24(20)32)26-14-9-5-2-6-10-14/h1-12,15-20,25-26H/t15?,16?,17-,18-,19-,20+/m1/s1. The number of nitrogens with one attached hydrogen (secondary N) is 2. The van der Waals surface area contributed by atoms with Crippen molar-refractivity contribution in [3.8, 4) is 0 Å². The van der Waals surface area contributed by atoms with Crippen LogP contribution in [-0.4, -0.2) is 33.6 Å². The average molecular weight is 428 g/mol. The molecule has 2 aliphatic heterocycles. The molecule has 0 aromatic heterocycles. The van der Waals surface area contributed by atoms with Crippen LogP contribution in [0.2, 0.25) is 0 Å². The number of anilines is 2. The molecule has 2 saturated heterocycles. The molecular formula is C24H20N4O4. The number of para-hydroxylation sites is 2. The lowest BCUT2D eigenvalue weighted by molar-refractivity contribution is -0.138. The summed E-state index contributed by atoms with van der Waals surface area (Å²) in [5, 5.41) is 2.13. The molecule has 2 aromatic rings. The van der Waals surface area contributed by atoms with Crippen molar-refractivity contribution in [1.29, 1.82) is 0 Å². The largest absolute Gasteiger partial charge is 0.289 e. The number of nitrogens with zero attached hydrogens (tertiary/aromatic N) is 2. The zero-order chi connectivity index (χ0) is 22.0. The monoisotopic (exact) mass is 428 g/mol. The van der Waals surface area contributed by atoms with E-state index in [1.165, 1.54) is 0 Å². The highest BCUT2D eigenvalue weighted by Crippen LogP contribution is 2.57. The molecule has 8 nitrogen and oxygen atoms in total. The fraction of sp³-hybridized carbons (Fsp3) is 0.250. The van der Waals surface area contributed by atoms with Crippen molar-refractivity contribution in [3.05, 3.63) is 72.8 Å². The van der Waals surface area contributed by atoms with E-state index in [0.29, 0.717) is 11.4 Å². The lowest BCUT2D eigenvalue weighted by Crippen LogP contribution is -2.50. The van der Waals surface area contributed by atoms with Crippen LogP contribution in [0.25, 0.3) is 0 Å². The molecular weight excluding hydrogens is 408 g/mol. The number of carbonyl (C=O) groups excluding carboxylic acids is 4. The van der Waals surface area contributed by atoms with Crippen LogP contribution in [-0.2, 0) is 19.2 Å². The first kappa shape index (κ1) is 18.8. The van der Waals surface area contributed by atoms with Crippen molar-refractivity contribution in [1.82, 2.24) is 10.0 Å². The normalized spacial score (nSPS) is 32.4. The second-order valence-corrected chi connectivity index (χ2v) is 8.62. The number of hydrazine groups is 2. The summed E-state index contributed by atoms with van der Waals surface area (Å²) in [5.41, 5.74) is 7.07. The Kier molecular flexibility index (Phi) is 3.98. The molecule has 2 unspecified atom stereocenters. The Hall–Kier alpha value is -3.94. The van der Waals surface area contributed by atoms with Gasteiger partial charge in [-0.1, -0.05) is 48.6 Å². The van der Waals surface area contributed by atoms with E-state index in [1.54, 1.807) is 24.3 Å². The van der Waals surface area contributed by atoms with E-state index in [9.17, 15) is 19.2 Å². The summed E-state index contributed by atoms with van der Waals surface area (Å²) in [5.74, 6) is -4.99. The van der Waals surface area contributed by atoms with Gasteiger partial charge in [0.05, 0.1) is 35.0 Å². The van der Waals surface area contributed by atoms with E-state index in [2.05, 4.69) is 10.9 Å². The predicted molar refractivity (Wildman–Crippen MR) is 114 cm³/mol. The van der Waals surface area contributed by atoms with Gasteiger partial charge in [-0.05, 0) is 24.3 Å². The molecule has 7 rings (SSSR count). The van der Waals surface area contributed by atoms with E-state index in [0.717, 1.165) is 10.0 Å². The van der Waals surface area contributed by atoms with Gasteiger partial charge < -0.3 is 0 Å². The topological polar surface area (TPSA) is 98.8 Å². The van der Waals surface area contributed by atoms with Crippen molar-refractivity contribution in [2.24, 2.45) is 35.5 Å². The molecule has 160 valence electrons. The number of benzene rings is 2. The van der Waals surface area contributed by atoms with Crippen molar-refractivity contribution >= 4 is 35.0 Å². The minimum Gasteiger partial charge on any atom is -0.289 e. The minimum absolute atomic E-state index is 0.351. The number of amides is 4. The highest BCUT2D eigenvalue weighted by molar-refractivity contribution is 6.11. The summed E-state index contributed by atoms with van der Waals surface area (Å²) >= 11 is 0. The number of hydrogen-bond acceptors (Lipinski definition) is 6. The van der Waals surface area contributed by atoms with E-state index in [4.69, 9.17) is 0 Å². The maximum Gasteiger partial charge on any atom is 0.252 e. The van der Waals surface area contributed by atoms with Crippen LogP contribution in [0.5, 0.6) is 0 Å². The van der Waals surface area contributed by atoms with Gasteiger partial charge in [0.15, 0.2) is 0 Å². The molecule has 0 spiro atoms. The summed E-state index contributed by atoms with van der Waals surface area (Å²) in [6.07, 6.45) is 3.70. The van der Waals surface area contributed by atoms with Crippen LogP contribution in [0.1, 0.15) is 0 Å². The van der Waals surface area contributed by atoms with E-state index in [1.807, 2.05) is 48.6 Å². The second-order valence-electron chi connectivity index (χ2n) is 8.62. The highest BCUT2D eigenvalue weighted by atomic mass is 16.2. The summed E-state index contributed by atoms with van der Waals surface area (Å²) in [7, 11) is 0. The molecule has 1 saturated carbocycles. The Morgan fingerprint density at radius 1 is 0.500 bits per heavy atom. The number of imide groups is 2. The molecule has 2 heterocycles. The second kappa shape index (κ2) is 6.78. The van der Waals surface area contributed by atoms with Crippen LogP contribution in [0.15, 0.2) is 72.8 Å². The lowest BCUT2D eigenvalue weighted by Gasteiger charge is -2.44. The van der Waals surface area contributed by atoms with Crippen LogP contribution in [0, 0.1) is 35.5 Å². The van der Waals surface area contributed by atoms with Crippen molar-refractivity contribution < 1.29 is 19.2 Å². The Labute approximate surface area is 183 Å². The molecule has 8 heteroatoms. The number of rotatable bonds is 4. The minimum atomic E-state index is -0.650. The predicted octanol–water partition coefficient (Wildman–Crippen LogP) is 2.06. The van der Waals surface area contributed by atoms with Gasteiger partial charge in [-0.25, -0.2) is 0 Å². The quantitative estimate of drug-likeness (QED) is 0.571. The number of hydrogen-bond donors (Lipinski definition) is 2. The third kappa shape index (κ3) is 2.49. The van der Waals surface area contributed by atoms with Gasteiger partial charge in [0.25, 0.3) is 23.6 Å². The Balaban J connectivity index is 1.31. The summed E-state index contributed by atoms with van der Waals surface area (Å²) in [6, 6.07) is 18.0. The Bertz CT molecular complexity index is 1030. The molecule has 2 aromatic carbocycles. The molecule has 32 heavy (non-hydrogen) atoms. The van der Waals surface area contributed by atoms with E-state index >= 15 is 0 Å². The van der Waals surface area contributed by atoms with Crippen LogP contribution < -0.4 is 10.9 Å². The van der Waals surface area contributed by atoms with Gasteiger partial charge in [-0.15, -0.1) is 0 Å². The molecule has 2 N–H and O–H groups in total. The van der Waals surface area contributed by atoms with E-state index < -0.39 is 35.5 Å². The molecule has 6 atom stereocenters. The SMILES string of the molecule is O=C1[C@@H]2C3C=CC([C@H]2C(=O)N1Nc1ccccc1)[C@@H]1C(=O)N(Nc2ccccc2)C(=O)[C@H]31. The Morgan fingerprint density at radius 2 is 0.812 bits per heavy atom. The molecule has 2 bridgehead atoms. The fourth-order valence-corrected chi connectivity index (χ4v) is 5.73. The smallest absolute Gasteiger partial charge is 0.252 e. The summed E-state index contributed by atoms with van der Waals surface area (Å²) in [4.78, 5) is 53.1. The third-order valence-corrected chi connectivity index (χ3v) is 7.04. The maximum atomic E-state index is 13.3. The van der Waals surface area contributed by atoms with Crippen LogP contribution >= 0.6 is 0 Å². The van der Waals surface area contributed by atoms with Crippen LogP contribution in [0.4, 0.5) is 11.4 Å². The lowest BCUT2D eigenvalue weighted by atomic mass is 9.54. The van der Waals surface area contributed by atoms with Crippen LogP contribution in [0.3, 0.4) is 0 Å². The van der Waals surface area contributed by atoms with Gasteiger partial charge in [0.1, 0.15) is 0 Å². The third-order valence-electron chi connectivity index (χ3n) is 7.04. The first-order valence-corrected chi connectivity index (χ1v) is 10.6. The van der Waals surface area contributed by atoms with Gasteiger partial charge in [-0.3, -0.25) is 30.0 Å². The molecule has 3 aliphatic carbocycles. The van der Waals surface area contributed by atoms with Gasteiger partial charge in [0, 0.05) is 11.8 Å². The summed E-state index contributed by atoms with van der Waals surface area (Å²) < 4.78 is 0. The van der Waals surface area contributed by atoms with Gasteiger partial charge in [0.2, 0.25) is 0 Å². The maximum absolute atomic E-state index is 13.3. The van der Waals surface area contributed by atoms with E-state index in [-0.39, 0.29) is 23.6 Å². The van der Waals surface area contributed by atoms with Crippen molar-refractivity contribution in [2.45, 2.75) is 0 Å². The van der Waals surface area contributed by atoms with Gasteiger partial charge >= 0.3 is 0 Å². The molecule has 0 radical (unpaired) electrons. The summed E-state index contributed by atoms with van der Waals surface area (Å²) in [6.45, 7) is 0. The van der Waals surface area contributed by atoms with Crippen molar-refractivity contribution in [2.75, 3.05) is 10.9 Å². The highest BCUT2D eigenvalue weighted by Gasteiger charge is 2.69. The molecule has 5 aliphatic rings.